The monoisotopic (exact) mass is 242 g/mol. The van der Waals surface area contributed by atoms with E-state index in [2.05, 4.69) is 37.9 Å². The molecule has 1 heterocycles. The van der Waals surface area contributed by atoms with Crippen LogP contribution in [0.25, 0.3) is 0 Å². The zero-order chi connectivity index (χ0) is 12.7. The van der Waals surface area contributed by atoms with Crippen molar-refractivity contribution in [1.82, 2.24) is 10.2 Å². The first-order valence-corrected chi connectivity index (χ1v) is 7.08. The van der Waals surface area contributed by atoms with Crippen molar-refractivity contribution in [2.24, 2.45) is 5.41 Å². The number of nitrogens with one attached hydrogen (secondary N) is 1. The number of nitrogens with zero attached hydrogens (tertiary/aromatic N) is 1. The van der Waals surface area contributed by atoms with Gasteiger partial charge in [-0.05, 0) is 31.7 Å². The Bertz CT molecular complexity index is 206. The first-order chi connectivity index (χ1) is 8.03. The lowest BCUT2D eigenvalue weighted by molar-refractivity contribution is 0.0617. The molecule has 3 nitrogen and oxygen atoms in total. The SMILES string of the molecule is CCCNCC(C)(C)CN1CCCOC(C)C1. The topological polar surface area (TPSA) is 24.5 Å². The molecule has 0 saturated carbocycles. The van der Waals surface area contributed by atoms with Crippen molar-refractivity contribution in [1.29, 1.82) is 0 Å². The van der Waals surface area contributed by atoms with Crippen LogP contribution in [-0.2, 0) is 4.74 Å². The summed E-state index contributed by atoms with van der Waals surface area (Å²) in [5, 5.41) is 3.53. The van der Waals surface area contributed by atoms with Gasteiger partial charge in [0, 0.05) is 32.8 Å². The highest BCUT2D eigenvalue weighted by Crippen LogP contribution is 2.18. The smallest absolute Gasteiger partial charge is 0.0673 e. The van der Waals surface area contributed by atoms with Crippen LogP contribution in [-0.4, -0.2) is 50.3 Å². The van der Waals surface area contributed by atoms with Crippen LogP contribution in [0.2, 0.25) is 0 Å². The Morgan fingerprint density at radius 1 is 1.41 bits per heavy atom. The molecule has 1 saturated heterocycles. The summed E-state index contributed by atoms with van der Waals surface area (Å²) in [6.45, 7) is 15.7. The first-order valence-electron chi connectivity index (χ1n) is 7.08. The molecule has 1 fully saturated rings. The number of hydrogen-bond acceptors (Lipinski definition) is 3. The van der Waals surface area contributed by atoms with E-state index in [-0.39, 0.29) is 0 Å². The summed E-state index contributed by atoms with van der Waals surface area (Å²) in [5.74, 6) is 0. The van der Waals surface area contributed by atoms with Gasteiger partial charge in [0.25, 0.3) is 0 Å². The van der Waals surface area contributed by atoms with Gasteiger partial charge in [0.1, 0.15) is 0 Å². The second-order valence-corrected chi connectivity index (χ2v) is 6.11. The van der Waals surface area contributed by atoms with Crippen LogP contribution in [0.1, 0.15) is 40.5 Å². The van der Waals surface area contributed by atoms with Crippen molar-refractivity contribution in [3.05, 3.63) is 0 Å². The Hall–Kier alpha value is -0.120. The molecule has 0 aromatic heterocycles. The van der Waals surface area contributed by atoms with Crippen LogP contribution in [0, 0.1) is 5.41 Å². The van der Waals surface area contributed by atoms with Gasteiger partial charge in [-0.1, -0.05) is 20.8 Å². The Morgan fingerprint density at radius 2 is 2.18 bits per heavy atom. The zero-order valence-corrected chi connectivity index (χ0v) is 12.1. The highest BCUT2D eigenvalue weighted by Gasteiger charge is 2.23. The molecule has 102 valence electrons. The fourth-order valence-electron chi connectivity index (χ4n) is 2.49. The normalized spacial score (nSPS) is 23.6. The molecule has 1 atom stereocenters. The molecule has 0 spiro atoms. The minimum atomic E-state index is 0.346. The molecule has 0 amide bonds. The molecule has 1 N–H and O–H groups in total. The lowest BCUT2D eigenvalue weighted by Crippen LogP contribution is -2.42. The van der Waals surface area contributed by atoms with E-state index in [9.17, 15) is 0 Å². The van der Waals surface area contributed by atoms with Gasteiger partial charge in [-0.2, -0.15) is 0 Å². The molecule has 0 aromatic rings. The van der Waals surface area contributed by atoms with Gasteiger partial charge < -0.3 is 15.0 Å². The van der Waals surface area contributed by atoms with E-state index in [1.807, 2.05) is 0 Å². The molecule has 17 heavy (non-hydrogen) atoms. The van der Waals surface area contributed by atoms with Crippen LogP contribution in [0.3, 0.4) is 0 Å². The third-order valence-electron chi connectivity index (χ3n) is 3.22. The minimum absolute atomic E-state index is 0.346. The highest BCUT2D eigenvalue weighted by atomic mass is 16.5. The van der Waals surface area contributed by atoms with Crippen molar-refractivity contribution in [2.75, 3.05) is 39.3 Å². The standard InChI is InChI=1S/C14H30N2O/c1-5-7-15-11-14(3,4)12-16-8-6-9-17-13(2)10-16/h13,15H,5-12H2,1-4H3. The van der Waals surface area contributed by atoms with Crippen molar-refractivity contribution in [2.45, 2.75) is 46.6 Å². The Morgan fingerprint density at radius 3 is 2.88 bits per heavy atom. The van der Waals surface area contributed by atoms with Gasteiger partial charge in [0.05, 0.1) is 6.10 Å². The van der Waals surface area contributed by atoms with E-state index in [1.165, 1.54) is 19.4 Å². The summed E-state index contributed by atoms with van der Waals surface area (Å²) in [7, 11) is 0. The second kappa shape index (κ2) is 7.34. The van der Waals surface area contributed by atoms with Gasteiger partial charge in [-0.15, -0.1) is 0 Å². The van der Waals surface area contributed by atoms with Crippen LogP contribution in [0.5, 0.6) is 0 Å². The third kappa shape index (κ3) is 6.39. The van der Waals surface area contributed by atoms with Gasteiger partial charge >= 0.3 is 0 Å². The molecule has 1 aliphatic heterocycles. The Kier molecular flexibility index (Phi) is 6.45. The molecular weight excluding hydrogens is 212 g/mol. The van der Waals surface area contributed by atoms with Gasteiger partial charge in [-0.3, -0.25) is 0 Å². The highest BCUT2D eigenvalue weighted by molar-refractivity contribution is 4.78. The first kappa shape index (κ1) is 14.9. The van der Waals surface area contributed by atoms with Crippen molar-refractivity contribution in [3.63, 3.8) is 0 Å². The van der Waals surface area contributed by atoms with E-state index >= 15 is 0 Å². The fraction of sp³-hybridized carbons (Fsp3) is 1.00. The number of rotatable bonds is 6. The molecule has 1 rings (SSSR count). The van der Waals surface area contributed by atoms with Crippen molar-refractivity contribution < 1.29 is 4.74 Å². The van der Waals surface area contributed by atoms with Gasteiger partial charge in [0.15, 0.2) is 0 Å². The van der Waals surface area contributed by atoms with Gasteiger partial charge in [-0.25, -0.2) is 0 Å². The molecule has 0 radical (unpaired) electrons. The predicted molar refractivity (Wildman–Crippen MR) is 73.4 cm³/mol. The molecule has 0 aromatic carbocycles. The zero-order valence-electron chi connectivity index (χ0n) is 12.1. The van der Waals surface area contributed by atoms with E-state index in [1.54, 1.807) is 0 Å². The van der Waals surface area contributed by atoms with E-state index < -0.39 is 0 Å². The van der Waals surface area contributed by atoms with E-state index in [4.69, 9.17) is 4.74 Å². The maximum atomic E-state index is 5.69. The van der Waals surface area contributed by atoms with Crippen LogP contribution < -0.4 is 5.32 Å². The van der Waals surface area contributed by atoms with Gasteiger partial charge in [0.2, 0.25) is 0 Å². The average molecular weight is 242 g/mol. The summed E-state index contributed by atoms with van der Waals surface area (Å²) in [6.07, 6.45) is 2.77. The molecule has 0 bridgehead atoms. The summed E-state index contributed by atoms with van der Waals surface area (Å²) >= 11 is 0. The van der Waals surface area contributed by atoms with Crippen molar-refractivity contribution >= 4 is 0 Å². The summed E-state index contributed by atoms with van der Waals surface area (Å²) in [5.41, 5.74) is 0.346. The molecule has 3 heteroatoms. The lowest BCUT2D eigenvalue weighted by atomic mass is 9.92. The summed E-state index contributed by atoms with van der Waals surface area (Å²) in [4.78, 5) is 2.56. The maximum absolute atomic E-state index is 5.69. The third-order valence-corrected chi connectivity index (χ3v) is 3.22. The second-order valence-electron chi connectivity index (χ2n) is 6.11. The minimum Gasteiger partial charge on any atom is -0.377 e. The molecular formula is C14H30N2O. The maximum Gasteiger partial charge on any atom is 0.0673 e. The summed E-state index contributed by atoms with van der Waals surface area (Å²) in [6, 6.07) is 0. The molecule has 1 aliphatic rings. The summed E-state index contributed by atoms with van der Waals surface area (Å²) < 4.78 is 5.69. The van der Waals surface area contributed by atoms with Crippen LogP contribution >= 0.6 is 0 Å². The molecule has 1 unspecified atom stereocenters. The van der Waals surface area contributed by atoms with Crippen LogP contribution in [0.4, 0.5) is 0 Å². The van der Waals surface area contributed by atoms with Crippen molar-refractivity contribution in [3.8, 4) is 0 Å². The average Bonchev–Trinajstić information content (AvgIpc) is 2.42. The number of ether oxygens (including phenoxy) is 1. The van der Waals surface area contributed by atoms with Crippen LogP contribution in [0.15, 0.2) is 0 Å². The fourth-order valence-corrected chi connectivity index (χ4v) is 2.49. The Labute approximate surface area is 107 Å². The van der Waals surface area contributed by atoms with E-state index in [0.29, 0.717) is 11.5 Å². The Balaban J connectivity index is 2.33. The largest absolute Gasteiger partial charge is 0.377 e. The quantitative estimate of drug-likeness (QED) is 0.722. The lowest BCUT2D eigenvalue weighted by Gasteiger charge is -2.32. The predicted octanol–water partition coefficient (Wildman–Crippen LogP) is 2.12. The number of hydrogen-bond donors (Lipinski definition) is 1. The van der Waals surface area contributed by atoms with E-state index in [0.717, 1.165) is 32.8 Å². The molecule has 0 aliphatic carbocycles.